The van der Waals surface area contributed by atoms with Gasteiger partial charge >= 0.3 is 0 Å². The third-order valence-corrected chi connectivity index (χ3v) is 12.0. The molecule has 122 valence electrons. The summed E-state index contributed by atoms with van der Waals surface area (Å²) in [6, 6.07) is 6.47. The number of alkyl halides is 1. The molecular formula is C18H16F3IS. The summed E-state index contributed by atoms with van der Waals surface area (Å²) in [7, 11) is -1.73. The highest BCUT2D eigenvalue weighted by atomic mass is 127. The Morgan fingerprint density at radius 1 is 1.13 bits per heavy atom. The molecule has 0 aromatic heterocycles. The number of benzene rings is 1. The van der Waals surface area contributed by atoms with Gasteiger partial charge in [-0.15, -0.1) is 7.20 Å². The lowest BCUT2D eigenvalue weighted by molar-refractivity contribution is 0.401. The van der Waals surface area contributed by atoms with Crippen LogP contribution in [0.25, 0.3) is 0 Å². The third kappa shape index (κ3) is 3.45. The predicted molar refractivity (Wildman–Crippen MR) is 99.7 cm³/mol. The van der Waals surface area contributed by atoms with Gasteiger partial charge in [-0.05, 0) is 69.0 Å². The van der Waals surface area contributed by atoms with Crippen LogP contribution in [-0.2, 0) is 0 Å². The summed E-state index contributed by atoms with van der Waals surface area (Å²) < 4.78 is 41.0. The van der Waals surface area contributed by atoms with E-state index < -0.39 is 13.4 Å². The van der Waals surface area contributed by atoms with Gasteiger partial charge in [0, 0.05) is 16.6 Å². The molecule has 0 N–H and O–H groups in total. The van der Waals surface area contributed by atoms with Gasteiger partial charge in [-0.1, -0.05) is 24.3 Å². The van der Waals surface area contributed by atoms with Gasteiger partial charge in [0.05, 0.1) is 0 Å². The van der Waals surface area contributed by atoms with Crippen molar-refractivity contribution in [1.29, 1.82) is 0 Å². The minimum Gasteiger partial charge on any atom is -0.243 e. The van der Waals surface area contributed by atoms with Crippen LogP contribution >= 0.6 is 28.4 Å². The molecule has 1 aromatic rings. The summed E-state index contributed by atoms with van der Waals surface area (Å²) in [5.74, 6) is -0.578. The summed E-state index contributed by atoms with van der Waals surface area (Å²) in [6.07, 6.45) is 10.1. The molecule has 0 heterocycles. The molecule has 0 saturated carbocycles. The first-order valence-corrected chi connectivity index (χ1v) is 11.6. The molecule has 3 rings (SSSR count). The van der Waals surface area contributed by atoms with Crippen molar-refractivity contribution < 1.29 is 13.2 Å². The minimum atomic E-state index is -1.73. The number of hydrogen-bond acceptors (Lipinski definition) is 0. The van der Waals surface area contributed by atoms with Gasteiger partial charge < -0.3 is 0 Å². The van der Waals surface area contributed by atoms with Crippen molar-refractivity contribution >= 4 is 28.4 Å². The maximum absolute atomic E-state index is 13.8. The normalized spacial score (nSPS) is 27.8. The predicted octanol–water partition coefficient (Wildman–Crippen LogP) is 6.70. The fourth-order valence-electron chi connectivity index (χ4n) is 2.77. The highest BCUT2D eigenvalue weighted by molar-refractivity contribution is 14.2. The van der Waals surface area contributed by atoms with E-state index in [4.69, 9.17) is 0 Å². The summed E-state index contributed by atoms with van der Waals surface area (Å²) in [5.41, 5.74) is 0. The molecule has 0 bridgehead atoms. The van der Waals surface area contributed by atoms with E-state index in [1.54, 1.807) is 18.2 Å². The first-order chi connectivity index (χ1) is 11.0. The first-order valence-electron chi connectivity index (χ1n) is 7.34. The van der Waals surface area contributed by atoms with Crippen LogP contribution in [0.1, 0.15) is 12.8 Å². The van der Waals surface area contributed by atoms with Gasteiger partial charge in [-0.3, -0.25) is 0 Å². The Bertz CT molecular complexity index is 723. The van der Waals surface area contributed by atoms with Crippen LogP contribution in [0.4, 0.5) is 13.2 Å². The average Bonchev–Trinajstić information content (AvgIpc) is 2.55. The van der Waals surface area contributed by atoms with Crippen molar-refractivity contribution in [2.24, 2.45) is 0 Å². The van der Waals surface area contributed by atoms with Crippen molar-refractivity contribution in [2.75, 3.05) is 0 Å². The second kappa shape index (κ2) is 6.89. The van der Waals surface area contributed by atoms with Crippen molar-refractivity contribution in [3.8, 4) is 0 Å². The average molecular weight is 448 g/mol. The molecule has 3 atom stereocenters. The highest BCUT2D eigenvalue weighted by Gasteiger charge is 2.36. The Hall–Kier alpha value is -0.950. The Balaban J connectivity index is 2.10. The van der Waals surface area contributed by atoms with E-state index in [0.29, 0.717) is 12.8 Å². The van der Waals surface area contributed by atoms with Crippen LogP contribution in [0.5, 0.6) is 0 Å². The van der Waals surface area contributed by atoms with Gasteiger partial charge in [0.15, 0.2) is 0 Å². The fraction of sp³-hybridized carbons (Fsp3) is 0.222. The van der Waals surface area contributed by atoms with Crippen LogP contribution in [-0.4, -0.2) is 11.4 Å². The van der Waals surface area contributed by atoms with Gasteiger partial charge in [-0.2, -0.15) is 0 Å². The van der Waals surface area contributed by atoms with Gasteiger partial charge in [0.1, 0.15) is 17.8 Å². The SMILES string of the molecule is FC1=CC(S(I)(C2=CCC(F)C=C2)c2cccc(F)c2)CC=C1. The first kappa shape index (κ1) is 16.9. The van der Waals surface area contributed by atoms with E-state index in [9.17, 15) is 13.2 Å². The molecule has 1 aromatic carbocycles. The molecule has 0 saturated heterocycles. The monoisotopic (exact) mass is 448 g/mol. The maximum Gasteiger partial charge on any atom is 0.124 e. The Kier molecular flexibility index (Phi) is 5.06. The maximum atomic E-state index is 13.8. The van der Waals surface area contributed by atoms with Crippen LogP contribution in [0, 0.1) is 5.82 Å². The van der Waals surface area contributed by atoms with E-state index >= 15 is 0 Å². The summed E-state index contributed by atoms with van der Waals surface area (Å²) >= 11 is 2.34. The summed E-state index contributed by atoms with van der Waals surface area (Å²) in [6.45, 7) is 0. The largest absolute Gasteiger partial charge is 0.243 e. The van der Waals surface area contributed by atoms with Crippen molar-refractivity contribution in [2.45, 2.75) is 29.2 Å². The number of hydrogen-bond donors (Lipinski definition) is 0. The Morgan fingerprint density at radius 3 is 2.61 bits per heavy atom. The van der Waals surface area contributed by atoms with Crippen LogP contribution in [0.2, 0.25) is 0 Å². The lowest BCUT2D eigenvalue weighted by Crippen LogP contribution is -2.16. The molecule has 2 aliphatic rings. The number of allylic oxidation sites excluding steroid dienone is 6. The highest BCUT2D eigenvalue weighted by Crippen LogP contribution is 2.74. The molecule has 0 spiro atoms. The van der Waals surface area contributed by atoms with Gasteiger partial charge in [0.25, 0.3) is 0 Å². The topological polar surface area (TPSA) is 0 Å². The van der Waals surface area contributed by atoms with Gasteiger partial charge in [-0.25, -0.2) is 13.2 Å². The number of rotatable bonds is 3. The fourth-order valence-corrected chi connectivity index (χ4v) is 8.48. The summed E-state index contributed by atoms with van der Waals surface area (Å²) in [5, 5.41) is -0.0815. The van der Waals surface area contributed by atoms with Crippen LogP contribution in [0.3, 0.4) is 0 Å². The molecule has 2 aliphatic carbocycles. The van der Waals surface area contributed by atoms with Crippen molar-refractivity contribution in [3.63, 3.8) is 0 Å². The lowest BCUT2D eigenvalue weighted by Gasteiger charge is -2.42. The molecule has 0 nitrogen and oxygen atoms in total. The van der Waals surface area contributed by atoms with E-state index in [1.165, 1.54) is 24.3 Å². The van der Waals surface area contributed by atoms with Crippen LogP contribution in [0.15, 0.2) is 76.3 Å². The molecule has 0 amide bonds. The van der Waals surface area contributed by atoms with Crippen molar-refractivity contribution in [3.05, 3.63) is 77.3 Å². The molecule has 0 aliphatic heterocycles. The van der Waals surface area contributed by atoms with Gasteiger partial charge in [0.2, 0.25) is 0 Å². The zero-order chi connectivity index (χ0) is 16.4. The molecule has 5 heteroatoms. The zero-order valence-corrected chi connectivity index (χ0v) is 15.2. The van der Waals surface area contributed by atoms with Crippen LogP contribution < -0.4 is 0 Å². The molecule has 0 fully saturated rings. The van der Waals surface area contributed by atoms with E-state index in [0.717, 1.165) is 9.80 Å². The zero-order valence-electron chi connectivity index (χ0n) is 12.3. The lowest BCUT2D eigenvalue weighted by atomic mass is 10.2. The van der Waals surface area contributed by atoms with E-state index in [1.807, 2.05) is 18.2 Å². The smallest absolute Gasteiger partial charge is 0.124 e. The second-order valence-electron chi connectivity index (χ2n) is 5.48. The number of halogens is 4. The standard InChI is InChI=1S/C18H16F3IS/c19-13-7-9-16(10-8-13)23(22,17-5-1-3-14(20)11-17)18-6-2-4-15(21)12-18/h1-5,7,9-13,18H,6,8H2. The molecular weight excluding hydrogens is 432 g/mol. The quantitative estimate of drug-likeness (QED) is 0.452. The van der Waals surface area contributed by atoms with E-state index in [-0.39, 0.29) is 16.9 Å². The second-order valence-corrected chi connectivity index (χ2v) is 12.4. The van der Waals surface area contributed by atoms with E-state index in [2.05, 4.69) is 21.2 Å². The Morgan fingerprint density at radius 2 is 1.96 bits per heavy atom. The summed E-state index contributed by atoms with van der Waals surface area (Å²) in [4.78, 5) is 1.82. The third-order valence-electron chi connectivity index (χ3n) is 3.90. The Labute approximate surface area is 147 Å². The molecule has 3 unspecified atom stereocenters. The molecule has 23 heavy (non-hydrogen) atoms. The molecule has 0 radical (unpaired) electrons. The minimum absolute atomic E-state index is 0.0815. The van der Waals surface area contributed by atoms with Crippen molar-refractivity contribution in [1.82, 2.24) is 0 Å².